The smallest absolute Gasteiger partial charge is 0.141 e. The quantitative estimate of drug-likeness (QED) is 0.931. The van der Waals surface area contributed by atoms with Crippen molar-refractivity contribution >= 4 is 15.9 Å². The van der Waals surface area contributed by atoms with Crippen LogP contribution in [0.5, 0.6) is 5.75 Å². The number of benzene rings is 1. The largest absolute Gasteiger partial charge is 0.495 e. The van der Waals surface area contributed by atoms with Crippen LogP contribution in [-0.4, -0.2) is 32.1 Å². The maximum absolute atomic E-state index is 13.5. The molecule has 0 radical (unpaired) electrons. The Balaban J connectivity index is 2.36. The summed E-state index contributed by atoms with van der Waals surface area (Å²) in [5.41, 5.74) is 6.75. The molecule has 3 nitrogen and oxygen atoms in total. The summed E-state index contributed by atoms with van der Waals surface area (Å²) in [6.45, 7) is 1.66. The predicted octanol–water partition coefficient (Wildman–Crippen LogP) is 2.55. The first kappa shape index (κ1) is 13.8. The van der Waals surface area contributed by atoms with Crippen LogP contribution in [0.15, 0.2) is 16.6 Å². The average molecular weight is 317 g/mol. The Hall–Kier alpha value is -0.650. The van der Waals surface area contributed by atoms with Crippen LogP contribution in [0.25, 0.3) is 0 Å². The fraction of sp³-hybridized carbons (Fsp3) is 0.538. The van der Waals surface area contributed by atoms with Gasteiger partial charge in [-0.1, -0.05) is 6.07 Å². The van der Waals surface area contributed by atoms with Crippen molar-refractivity contribution < 1.29 is 9.13 Å². The molecule has 2 atom stereocenters. The number of rotatable bonds is 3. The van der Waals surface area contributed by atoms with Gasteiger partial charge in [-0.05, 0) is 47.9 Å². The number of hydrogen-bond donors (Lipinski definition) is 1. The molecule has 0 bridgehead atoms. The van der Waals surface area contributed by atoms with Crippen LogP contribution in [0.4, 0.5) is 4.39 Å². The highest BCUT2D eigenvalue weighted by Crippen LogP contribution is 2.42. The minimum absolute atomic E-state index is 0.241. The Morgan fingerprint density at radius 3 is 2.83 bits per heavy atom. The van der Waals surface area contributed by atoms with Crippen molar-refractivity contribution in [3.63, 3.8) is 0 Å². The van der Waals surface area contributed by atoms with E-state index in [0.29, 0.717) is 22.7 Å². The van der Waals surface area contributed by atoms with E-state index < -0.39 is 0 Å². The van der Waals surface area contributed by atoms with Crippen LogP contribution < -0.4 is 10.5 Å². The summed E-state index contributed by atoms with van der Waals surface area (Å²) in [5.74, 6) is 0.782. The van der Waals surface area contributed by atoms with Crippen molar-refractivity contribution in [1.82, 2.24) is 4.90 Å². The zero-order valence-corrected chi connectivity index (χ0v) is 12.2. The zero-order chi connectivity index (χ0) is 13.3. The lowest BCUT2D eigenvalue weighted by molar-refractivity contribution is 0.301. The molecule has 1 aliphatic heterocycles. The minimum Gasteiger partial charge on any atom is -0.495 e. The third-order valence-corrected chi connectivity index (χ3v) is 4.35. The van der Waals surface area contributed by atoms with Gasteiger partial charge in [0.25, 0.3) is 0 Å². The van der Waals surface area contributed by atoms with E-state index in [2.05, 4.69) is 27.9 Å². The number of ether oxygens (including phenoxy) is 1. The maximum Gasteiger partial charge on any atom is 0.141 e. The first-order chi connectivity index (χ1) is 8.58. The standard InChI is InChI=1S/C13H18BrFN2O/c1-17-7-8(6-16)5-11(17)9-3-4-10(15)12(14)13(9)18-2/h3-4,8,11H,5-7,16H2,1-2H3. The van der Waals surface area contributed by atoms with Crippen LogP contribution in [0, 0.1) is 11.7 Å². The molecule has 2 rings (SSSR count). The molecule has 1 aromatic rings. The first-order valence-corrected chi connectivity index (χ1v) is 6.80. The molecule has 18 heavy (non-hydrogen) atoms. The van der Waals surface area contributed by atoms with Crippen molar-refractivity contribution in [3.05, 3.63) is 28.0 Å². The molecule has 1 aliphatic rings. The van der Waals surface area contributed by atoms with E-state index in [4.69, 9.17) is 10.5 Å². The molecular formula is C13H18BrFN2O. The zero-order valence-electron chi connectivity index (χ0n) is 10.6. The van der Waals surface area contributed by atoms with Gasteiger partial charge in [0.1, 0.15) is 11.6 Å². The number of methoxy groups -OCH3 is 1. The third kappa shape index (κ3) is 2.39. The third-order valence-electron chi connectivity index (χ3n) is 3.61. The molecule has 0 amide bonds. The summed E-state index contributed by atoms with van der Waals surface area (Å²) in [4.78, 5) is 2.25. The molecule has 1 saturated heterocycles. The van der Waals surface area contributed by atoms with Gasteiger partial charge in [-0.25, -0.2) is 4.39 Å². The lowest BCUT2D eigenvalue weighted by Gasteiger charge is -2.22. The summed E-state index contributed by atoms with van der Waals surface area (Å²) < 4.78 is 19.2. The predicted molar refractivity (Wildman–Crippen MR) is 73.2 cm³/mol. The number of nitrogens with zero attached hydrogens (tertiary/aromatic N) is 1. The summed E-state index contributed by atoms with van der Waals surface area (Å²) in [6.07, 6.45) is 0.988. The maximum atomic E-state index is 13.5. The molecule has 0 spiro atoms. The Morgan fingerprint density at radius 2 is 2.28 bits per heavy atom. The molecule has 0 saturated carbocycles. The van der Waals surface area contributed by atoms with E-state index in [1.807, 2.05) is 0 Å². The lowest BCUT2D eigenvalue weighted by Crippen LogP contribution is -2.21. The van der Waals surface area contributed by atoms with Crippen molar-refractivity contribution in [3.8, 4) is 5.75 Å². The molecule has 5 heteroatoms. The number of hydrogen-bond acceptors (Lipinski definition) is 3. The van der Waals surface area contributed by atoms with Gasteiger partial charge < -0.3 is 10.5 Å². The Morgan fingerprint density at radius 1 is 1.56 bits per heavy atom. The normalized spacial score (nSPS) is 24.5. The molecule has 0 aromatic heterocycles. The molecule has 0 aliphatic carbocycles. The number of nitrogens with two attached hydrogens (primary N) is 1. The average Bonchev–Trinajstić information content (AvgIpc) is 2.74. The SMILES string of the molecule is COc1c(C2CC(CN)CN2C)ccc(F)c1Br. The topological polar surface area (TPSA) is 38.5 Å². The van der Waals surface area contributed by atoms with Gasteiger partial charge in [0.05, 0.1) is 11.6 Å². The van der Waals surface area contributed by atoms with Crippen molar-refractivity contribution in [2.75, 3.05) is 27.2 Å². The van der Waals surface area contributed by atoms with E-state index in [1.165, 1.54) is 6.07 Å². The van der Waals surface area contributed by atoms with Crippen LogP contribution >= 0.6 is 15.9 Å². The van der Waals surface area contributed by atoms with E-state index in [0.717, 1.165) is 18.5 Å². The Labute approximate surface area is 115 Å². The number of likely N-dealkylation sites (tertiary alicyclic amines) is 1. The molecule has 100 valence electrons. The minimum atomic E-state index is -0.299. The van der Waals surface area contributed by atoms with Crippen molar-refractivity contribution in [2.45, 2.75) is 12.5 Å². The van der Waals surface area contributed by atoms with Crippen LogP contribution in [0.2, 0.25) is 0 Å². The summed E-state index contributed by atoms with van der Waals surface area (Å²) in [7, 11) is 3.63. The fourth-order valence-corrected chi connectivity index (χ4v) is 3.18. The highest BCUT2D eigenvalue weighted by molar-refractivity contribution is 9.10. The Bertz CT molecular complexity index is 441. The van der Waals surface area contributed by atoms with Gasteiger partial charge in [-0.2, -0.15) is 0 Å². The van der Waals surface area contributed by atoms with E-state index in [1.54, 1.807) is 13.2 Å². The second-order valence-electron chi connectivity index (χ2n) is 4.78. The molecule has 2 N–H and O–H groups in total. The second kappa shape index (κ2) is 5.55. The van der Waals surface area contributed by atoms with Crippen LogP contribution in [0.1, 0.15) is 18.0 Å². The molecule has 1 fully saturated rings. The molecular weight excluding hydrogens is 299 g/mol. The molecule has 1 heterocycles. The van der Waals surface area contributed by atoms with Gasteiger partial charge in [0, 0.05) is 18.2 Å². The van der Waals surface area contributed by atoms with Gasteiger partial charge in [-0.3, -0.25) is 4.90 Å². The van der Waals surface area contributed by atoms with E-state index in [9.17, 15) is 4.39 Å². The first-order valence-electron chi connectivity index (χ1n) is 6.00. The van der Waals surface area contributed by atoms with Gasteiger partial charge >= 0.3 is 0 Å². The fourth-order valence-electron chi connectivity index (χ4n) is 2.66. The molecule has 1 aromatic carbocycles. The highest BCUT2D eigenvalue weighted by Gasteiger charge is 2.32. The monoisotopic (exact) mass is 316 g/mol. The van der Waals surface area contributed by atoms with E-state index >= 15 is 0 Å². The summed E-state index contributed by atoms with van der Waals surface area (Å²) in [6, 6.07) is 3.52. The molecule has 2 unspecified atom stereocenters. The summed E-state index contributed by atoms with van der Waals surface area (Å²) in [5, 5.41) is 0. The van der Waals surface area contributed by atoms with Crippen molar-refractivity contribution in [1.29, 1.82) is 0 Å². The summed E-state index contributed by atoms with van der Waals surface area (Å²) >= 11 is 3.25. The van der Waals surface area contributed by atoms with Crippen LogP contribution in [-0.2, 0) is 0 Å². The van der Waals surface area contributed by atoms with Crippen LogP contribution in [0.3, 0.4) is 0 Å². The Kier molecular flexibility index (Phi) is 4.25. The van der Waals surface area contributed by atoms with E-state index in [-0.39, 0.29) is 11.9 Å². The van der Waals surface area contributed by atoms with Gasteiger partial charge in [0.15, 0.2) is 0 Å². The number of halogens is 2. The van der Waals surface area contributed by atoms with Crippen molar-refractivity contribution in [2.24, 2.45) is 11.7 Å². The van der Waals surface area contributed by atoms with Gasteiger partial charge in [0.2, 0.25) is 0 Å². The lowest BCUT2D eigenvalue weighted by atomic mass is 9.99. The second-order valence-corrected chi connectivity index (χ2v) is 5.57. The highest BCUT2D eigenvalue weighted by atomic mass is 79.9. The van der Waals surface area contributed by atoms with Gasteiger partial charge in [-0.15, -0.1) is 0 Å².